The van der Waals surface area contributed by atoms with Crippen LogP contribution >= 0.6 is 22.6 Å². The average molecular weight is 382 g/mol. The van der Waals surface area contributed by atoms with Gasteiger partial charge in [-0.25, -0.2) is 4.79 Å². The molecule has 0 aromatic heterocycles. The van der Waals surface area contributed by atoms with Crippen LogP contribution in [0.1, 0.15) is 24.2 Å². The van der Waals surface area contributed by atoms with E-state index in [-0.39, 0.29) is 5.97 Å². The Morgan fingerprint density at radius 2 is 1.32 bits per heavy atom. The van der Waals surface area contributed by atoms with E-state index in [0.29, 0.717) is 5.56 Å². The van der Waals surface area contributed by atoms with Gasteiger partial charge in [0.25, 0.3) is 11.9 Å². The predicted molar refractivity (Wildman–Crippen MR) is 77.1 cm³/mol. The normalized spacial score (nSPS) is 8.00. The molecule has 0 aliphatic heterocycles. The van der Waals surface area contributed by atoms with E-state index in [0.717, 1.165) is 17.4 Å². The zero-order valence-electron chi connectivity index (χ0n) is 10.7. The molecule has 0 heterocycles. The maximum atomic E-state index is 10.9. The van der Waals surface area contributed by atoms with Crippen molar-refractivity contribution in [1.82, 2.24) is 0 Å². The largest absolute Gasteiger partial charge is 0.481 e. The molecule has 0 aliphatic carbocycles. The lowest BCUT2D eigenvalue weighted by molar-refractivity contribution is -0.135. The van der Waals surface area contributed by atoms with Crippen molar-refractivity contribution in [2.75, 3.05) is 7.11 Å². The summed E-state index contributed by atoms with van der Waals surface area (Å²) in [6, 6.07) is 7.22. The van der Waals surface area contributed by atoms with Crippen LogP contribution in [0.15, 0.2) is 24.3 Å². The van der Waals surface area contributed by atoms with Gasteiger partial charge in [-0.05, 0) is 46.9 Å². The maximum absolute atomic E-state index is 10.9. The molecule has 0 fully saturated rings. The quantitative estimate of drug-likeness (QED) is 0.571. The molecule has 7 heteroatoms. The molecule has 0 amide bonds. The number of benzene rings is 1. The number of hydrogen-bond donors (Lipinski definition) is 2. The smallest absolute Gasteiger partial charge is 0.337 e. The van der Waals surface area contributed by atoms with Crippen molar-refractivity contribution in [3.05, 3.63) is 33.4 Å². The number of esters is 1. The van der Waals surface area contributed by atoms with Gasteiger partial charge in [0, 0.05) is 17.4 Å². The molecule has 0 aliphatic rings. The minimum Gasteiger partial charge on any atom is -0.481 e. The fourth-order valence-electron chi connectivity index (χ4n) is 0.704. The van der Waals surface area contributed by atoms with Gasteiger partial charge >= 0.3 is 5.97 Å². The molecule has 1 rings (SSSR count). The summed E-state index contributed by atoms with van der Waals surface area (Å²) in [6.45, 7) is 2.17. The molecule has 2 N–H and O–H groups in total. The van der Waals surface area contributed by atoms with Crippen molar-refractivity contribution in [2.45, 2.75) is 13.8 Å². The summed E-state index contributed by atoms with van der Waals surface area (Å²) >= 11 is 2.18. The van der Waals surface area contributed by atoms with E-state index in [4.69, 9.17) is 19.8 Å². The van der Waals surface area contributed by atoms with Crippen molar-refractivity contribution in [3.8, 4) is 0 Å². The Labute approximate surface area is 124 Å². The molecular formula is C12H15IO6. The SMILES string of the molecule is CC(=O)O.CC(=O)O.COC(=O)c1ccc(I)cc1. The van der Waals surface area contributed by atoms with E-state index >= 15 is 0 Å². The first-order valence-corrected chi connectivity index (χ1v) is 6.01. The zero-order chi connectivity index (χ0) is 15.4. The van der Waals surface area contributed by atoms with Crippen molar-refractivity contribution in [1.29, 1.82) is 0 Å². The molecule has 1 aromatic carbocycles. The van der Waals surface area contributed by atoms with E-state index < -0.39 is 11.9 Å². The fraction of sp³-hybridized carbons (Fsp3) is 0.250. The number of hydrogen-bond acceptors (Lipinski definition) is 4. The number of rotatable bonds is 1. The van der Waals surface area contributed by atoms with Crippen LogP contribution in [-0.4, -0.2) is 35.2 Å². The van der Waals surface area contributed by atoms with Gasteiger partial charge in [0.05, 0.1) is 12.7 Å². The fourth-order valence-corrected chi connectivity index (χ4v) is 1.06. The van der Waals surface area contributed by atoms with Crippen molar-refractivity contribution in [2.24, 2.45) is 0 Å². The van der Waals surface area contributed by atoms with Crippen molar-refractivity contribution >= 4 is 40.5 Å². The topological polar surface area (TPSA) is 101 Å². The van der Waals surface area contributed by atoms with Crippen molar-refractivity contribution < 1.29 is 29.3 Å². The molecule has 106 valence electrons. The number of carboxylic acid groups (broad SMARTS) is 2. The highest BCUT2D eigenvalue weighted by Gasteiger charge is 2.02. The predicted octanol–water partition coefficient (Wildman–Crippen LogP) is 2.26. The third kappa shape index (κ3) is 16.4. The Balaban J connectivity index is 0. The molecule has 0 spiro atoms. The molecule has 1 aromatic rings. The first kappa shape index (κ1) is 19.7. The third-order valence-corrected chi connectivity index (χ3v) is 1.98. The van der Waals surface area contributed by atoms with Crippen LogP contribution < -0.4 is 0 Å². The number of carbonyl (C=O) groups excluding carboxylic acids is 1. The minimum absolute atomic E-state index is 0.290. The van der Waals surface area contributed by atoms with Gasteiger partial charge in [-0.1, -0.05) is 0 Å². The summed E-state index contributed by atoms with van der Waals surface area (Å²) in [7, 11) is 1.38. The van der Waals surface area contributed by atoms with Gasteiger partial charge in [0.2, 0.25) is 0 Å². The van der Waals surface area contributed by atoms with Crippen LogP contribution in [0.3, 0.4) is 0 Å². The zero-order valence-corrected chi connectivity index (χ0v) is 12.9. The molecule has 0 saturated heterocycles. The van der Waals surface area contributed by atoms with E-state index in [1.165, 1.54) is 7.11 Å². The first-order chi connectivity index (χ1) is 8.70. The summed E-state index contributed by atoms with van der Waals surface area (Å²) in [5, 5.41) is 14.8. The Morgan fingerprint density at radius 3 is 1.58 bits per heavy atom. The van der Waals surface area contributed by atoms with E-state index in [1.807, 2.05) is 12.1 Å². The molecule has 0 atom stereocenters. The van der Waals surface area contributed by atoms with Gasteiger partial charge < -0.3 is 14.9 Å². The summed E-state index contributed by atoms with van der Waals surface area (Å²) in [6.07, 6.45) is 0. The first-order valence-electron chi connectivity index (χ1n) is 4.93. The van der Waals surface area contributed by atoms with E-state index in [9.17, 15) is 4.79 Å². The van der Waals surface area contributed by atoms with Crippen LogP contribution in [0, 0.1) is 3.57 Å². The van der Waals surface area contributed by atoms with Gasteiger partial charge in [-0.3, -0.25) is 9.59 Å². The Kier molecular flexibility index (Phi) is 11.9. The minimum atomic E-state index is -0.833. The Bertz CT molecular complexity index is 393. The number of methoxy groups -OCH3 is 1. The molecular weight excluding hydrogens is 367 g/mol. The number of aliphatic carboxylic acids is 2. The highest BCUT2D eigenvalue weighted by atomic mass is 127. The summed E-state index contributed by atoms with van der Waals surface area (Å²) in [4.78, 5) is 28.9. The lowest BCUT2D eigenvalue weighted by atomic mass is 10.2. The van der Waals surface area contributed by atoms with Crippen molar-refractivity contribution in [3.63, 3.8) is 0 Å². The molecule has 19 heavy (non-hydrogen) atoms. The molecule has 6 nitrogen and oxygen atoms in total. The second-order valence-corrected chi connectivity index (χ2v) is 4.28. The van der Waals surface area contributed by atoms with E-state index in [2.05, 4.69) is 27.3 Å². The van der Waals surface area contributed by atoms with Crippen LogP contribution in [0.25, 0.3) is 0 Å². The maximum Gasteiger partial charge on any atom is 0.337 e. The van der Waals surface area contributed by atoms with E-state index in [1.54, 1.807) is 12.1 Å². The highest BCUT2D eigenvalue weighted by molar-refractivity contribution is 14.1. The van der Waals surface area contributed by atoms with Gasteiger partial charge in [0.1, 0.15) is 0 Å². The average Bonchev–Trinajstić information content (AvgIpc) is 2.27. The third-order valence-electron chi connectivity index (χ3n) is 1.27. The van der Waals surface area contributed by atoms with Crippen LogP contribution in [0.2, 0.25) is 0 Å². The molecule has 0 bridgehead atoms. The van der Waals surface area contributed by atoms with Gasteiger partial charge in [-0.2, -0.15) is 0 Å². The lowest BCUT2D eigenvalue weighted by Crippen LogP contribution is -2.00. The highest BCUT2D eigenvalue weighted by Crippen LogP contribution is 2.07. The monoisotopic (exact) mass is 382 g/mol. The van der Waals surface area contributed by atoms with Crippen LogP contribution in [-0.2, 0) is 14.3 Å². The summed E-state index contributed by atoms with van der Waals surface area (Å²) in [5.74, 6) is -1.96. The number of carboxylic acids is 2. The number of carbonyl (C=O) groups is 3. The Hall–Kier alpha value is -1.64. The van der Waals surface area contributed by atoms with Gasteiger partial charge in [0.15, 0.2) is 0 Å². The lowest BCUT2D eigenvalue weighted by Gasteiger charge is -1.97. The molecule has 0 saturated carbocycles. The standard InChI is InChI=1S/C8H7IO2.2C2H4O2/c1-11-8(10)6-2-4-7(9)5-3-6;2*1-2(3)4/h2-5H,1H3;2*1H3,(H,3,4). The summed E-state index contributed by atoms with van der Waals surface area (Å²) < 4.78 is 5.64. The number of ether oxygens (including phenoxy) is 1. The van der Waals surface area contributed by atoms with Gasteiger partial charge in [-0.15, -0.1) is 0 Å². The Morgan fingerprint density at radius 1 is 1.00 bits per heavy atom. The molecule has 0 unspecified atom stereocenters. The molecule has 0 radical (unpaired) electrons. The second kappa shape index (κ2) is 11.5. The number of halogens is 1. The summed E-state index contributed by atoms with van der Waals surface area (Å²) in [5.41, 5.74) is 0.591. The van der Waals surface area contributed by atoms with Crippen LogP contribution in [0.5, 0.6) is 0 Å². The second-order valence-electron chi connectivity index (χ2n) is 3.04. The van der Waals surface area contributed by atoms with Crippen LogP contribution in [0.4, 0.5) is 0 Å².